The van der Waals surface area contributed by atoms with E-state index in [1.165, 1.54) is 32.1 Å². The van der Waals surface area contributed by atoms with Crippen molar-refractivity contribution in [2.75, 3.05) is 0 Å². The summed E-state index contributed by atoms with van der Waals surface area (Å²) in [6, 6.07) is 0. The first kappa shape index (κ1) is 27.2. The third-order valence-electron chi connectivity index (χ3n) is 13.3. The lowest BCUT2D eigenvalue weighted by Gasteiger charge is -2.71. The molecule has 0 aromatic carbocycles. The van der Waals surface area contributed by atoms with E-state index in [4.69, 9.17) is 12.6 Å². The fourth-order valence-corrected chi connectivity index (χ4v) is 10.7. The van der Waals surface area contributed by atoms with Gasteiger partial charge in [-0.2, -0.15) is 0 Å². The van der Waals surface area contributed by atoms with Crippen molar-refractivity contribution in [3.63, 3.8) is 0 Å². The molecule has 0 aromatic heterocycles. The number of rotatable bonds is 5. The highest BCUT2D eigenvalue weighted by molar-refractivity contribution is 6.57. The van der Waals surface area contributed by atoms with Gasteiger partial charge >= 0.3 is 5.97 Å². The number of hydrogen-bond donors (Lipinski definition) is 0. The topological polar surface area (TPSA) is 43.4 Å². The maximum Gasteiger partial charge on any atom is 0.302 e. The van der Waals surface area contributed by atoms with Crippen LogP contribution in [-0.2, 0) is 14.3 Å². The monoisotopic (exact) mass is 482 g/mol. The van der Waals surface area contributed by atoms with Crippen molar-refractivity contribution in [1.82, 2.24) is 0 Å². The predicted molar refractivity (Wildman–Crippen MR) is 143 cm³/mol. The normalized spacial score (nSPS) is 46.8. The molecule has 3 nitrogen and oxygen atoms in total. The van der Waals surface area contributed by atoms with Crippen molar-refractivity contribution in [2.45, 2.75) is 126 Å². The van der Waals surface area contributed by atoms with Crippen LogP contribution in [0.1, 0.15) is 120 Å². The number of carbonyl (C=O) groups is 2. The van der Waals surface area contributed by atoms with E-state index < -0.39 is 0 Å². The molecule has 196 valence electrons. The van der Waals surface area contributed by atoms with Crippen LogP contribution in [0.15, 0.2) is 0 Å². The van der Waals surface area contributed by atoms with Gasteiger partial charge in [0.25, 0.3) is 0 Å². The molecular weight excluding hydrogens is 431 g/mol. The van der Waals surface area contributed by atoms with E-state index in [0.29, 0.717) is 29.6 Å². The zero-order valence-electron chi connectivity index (χ0n) is 24.1. The Morgan fingerprint density at radius 2 is 1.57 bits per heavy atom. The summed E-state index contributed by atoms with van der Waals surface area (Å²) >= 11 is 0. The summed E-state index contributed by atoms with van der Waals surface area (Å²) in [5, 5.41) is 0. The van der Waals surface area contributed by atoms with E-state index in [9.17, 15) is 9.59 Å². The molecule has 4 fully saturated rings. The van der Waals surface area contributed by atoms with E-state index in [1.807, 2.05) is 0 Å². The molecule has 4 heteroatoms. The zero-order valence-corrected chi connectivity index (χ0v) is 24.1. The van der Waals surface area contributed by atoms with Gasteiger partial charge in [0.05, 0.1) is 5.68 Å². The maximum absolute atomic E-state index is 12.4. The summed E-state index contributed by atoms with van der Waals surface area (Å²) < 4.78 is 6.28. The third-order valence-corrected chi connectivity index (χ3v) is 13.3. The Hall–Kier alpha value is -0.795. The number of fused-ring (bicyclic) bond motifs is 5. The number of ether oxygens (including phenoxy) is 1. The van der Waals surface area contributed by atoms with Crippen molar-refractivity contribution in [3.8, 4) is 0 Å². The van der Waals surface area contributed by atoms with Gasteiger partial charge < -0.3 is 9.53 Å². The Labute approximate surface area is 216 Å². The molecule has 0 bridgehead atoms. The standard InChI is InChI=1S/C31H51BO3/c1-19-10-15-29(7)23(28(19,5)6)12-17-30(8)24(29)18-22(35-20(2)33)26-21(11-16-31(26,30)9)27(3,4)14-13-25(32)34/h19,21-24,26H,10-18H2,1-9H3/t19-,21?,22?,23?,24?,26-,29-,30+,31+/m0/s1. The second kappa shape index (κ2) is 8.62. The lowest BCUT2D eigenvalue weighted by atomic mass is 9.34. The SMILES string of the molecule is [B]C(=O)CCC(C)(C)C1CC[C@]2(C)[C@@H]1C(OC(C)=O)CC1[C@@]3(C)CC[C@H](C)C(C)(C)C3CC[C@]12C. The summed E-state index contributed by atoms with van der Waals surface area (Å²) in [5.41, 5.74) is 0.776. The van der Waals surface area contributed by atoms with E-state index in [0.717, 1.165) is 31.1 Å². The molecule has 4 aliphatic rings. The van der Waals surface area contributed by atoms with Gasteiger partial charge in [0.2, 0.25) is 0 Å². The Morgan fingerprint density at radius 1 is 0.943 bits per heavy atom. The predicted octanol–water partition coefficient (Wildman–Crippen LogP) is 7.35. The van der Waals surface area contributed by atoms with Gasteiger partial charge in [-0.15, -0.1) is 0 Å². The highest BCUT2D eigenvalue weighted by Crippen LogP contribution is 2.76. The Kier molecular flexibility index (Phi) is 6.71. The molecule has 0 saturated heterocycles. The van der Waals surface area contributed by atoms with Crippen molar-refractivity contribution in [1.29, 1.82) is 0 Å². The Balaban J connectivity index is 1.76. The highest BCUT2D eigenvalue weighted by Gasteiger charge is 2.71. The van der Waals surface area contributed by atoms with Gasteiger partial charge in [0.1, 0.15) is 6.10 Å². The number of esters is 1. The Morgan fingerprint density at radius 3 is 2.17 bits per heavy atom. The first-order chi connectivity index (χ1) is 16.0. The number of hydrogen-bond acceptors (Lipinski definition) is 3. The van der Waals surface area contributed by atoms with Crippen molar-refractivity contribution in [2.24, 2.45) is 56.7 Å². The lowest BCUT2D eigenvalue weighted by molar-refractivity contribution is -0.242. The second-order valence-corrected chi connectivity index (χ2v) is 15.3. The molecule has 0 amide bonds. The van der Waals surface area contributed by atoms with Crippen LogP contribution in [0.5, 0.6) is 0 Å². The summed E-state index contributed by atoms with van der Waals surface area (Å²) in [6.07, 6.45) is 9.72. The molecule has 0 aromatic rings. The van der Waals surface area contributed by atoms with E-state index in [2.05, 4.69) is 55.4 Å². The molecule has 4 unspecified atom stereocenters. The van der Waals surface area contributed by atoms with Crippen molar-refractivity contribution < 1.29 is 14.3 Å². The third kappa shape index (κ3) is 3.97. The molecule has 0 N–H and O–H groups in total. The minimum atomic E-state index is -0.216. The van der Waals surface area contributed by atoms with Gasteiger partial charge in [-0.05, 0) is 109 Å². The van der Waals surface area contributed by atoms with Crippen LogP contribution in [0, 0.1) is 56.7 Å². The molecule has 4 saturated carbocycles. The average Bonchev–Trinajstić information content (AvgIpc) is 3.11. The van der Waals surface area contributed by atoms with Crippen LogP contribution in [0.3, 0.4) is 0 Å². The van der Waals surface area contributed by atoms with Crippen LogP contribution >= 0.6 is 0 Å². The molecule has 35 heavy (non-hydrogen) atoms. The smallest absolute Gasteiger partial charge is 0.302 e. The lowest BCUT2D eigenvalue weighted by Crippen LogP contribution is -2.66. The van der Waals surface area contributed by atoms with Crippen LogP contribution in [-0.4, -0.2) is 25.6 Å². The zero-order chi connectivity index (χ0) is 26.2. The van der Waals surface area contributed by atoms with Gasteiger partial charge in [-0.1, -0.05) is 55.4 Å². The highest BCUT2D eigenvalue weighted by atomic mass is 16.5. The van der Waals surface area contributed by atoms with Crippen LogP contribution in [0.2, 0.25) is 0 Å². The Bertz CT molecular complexity index is 863. The van der Waals surface area contributed by atoms with E-state index >= 15 is 0 Å². The summed E-state index contributed by atoms with van der Waals surface area (Å²) in [6.45, 7) is 21.5. The maximum atomic E-state index is 12.4. The molecule has 4 aliphatic carbocycles. The molecule has 0 spiro atoms. The van der Waals surface area contributed by atoms with Crippen LogP contribution in [0.4, 0.5) is 0 Å². The van der Waals surface area contributed by atoms with Crippen molar-refractivity contribution in [3.05, 3.63) is 0 Å². The molecular formula is C31H51BO3. The average molecular weight is 483 g/mol. The van der Waals surface area contributed by atoms with Gasteiger partial charge in [-0.3, -0.25) is 4.79 Å². The molecule has 4 rings (SSSR count). The van der Waals surface area contributed by atoms with Gasteiger partial charge in [-0.25, -0.2) is 0 Å². The van der Waals surface area contributed by atoms with Crippen LogP contribution < -0.4 is 0 Å². The van der Waals surface area contributed by atoms with E-state index in [-0.39, 0.29) is 39.4 Å². The second-order valence-electron chi connectivity index (χ2n) is 15.3. The minimum absolute atomic E-state index is 0.0115. The largest absolute Gasteiger partial charge is 0.462 e. The van der Waals surface area contributed by atoms with Crippen LogP contribution in [0.25, 0.3) is 0 Å². The minimum Gasteiger partial charge on any atom is -0.462 e. The molecule has 0 heterocycles. The first-order valence-corrected chi connectivity index (χ1v) is 14.5. The summed E-state index contributed by atoms with van der Waals surface area (Å²) in [7, 11) is 5.56. The quantitative estimate of drug-likeness (QED) is 0.304. The molecule has 0 aliphatic heterocycles. The first-order valence-electron chi connectivity index (χ1n) is 14.5. The molecule has 2 radical (unpaired) electrons. The molecule has 9 atom stereocenters. The fraction of sp³-hybridized carbons (Fsp3) is 0.935. The number of carbonyl (C=O) groups excluding carboxylic acids is 2. The fourth-order valence-electron chi connectivity index (χ4n) is 10.7. The van der Waals surface area contributed by atoms with E-state index in [1.54, 1.807) is 6.92 Å². The van der Waals surface area contributed by atoms with Gasteiger partial charge in [0, 0.05) is 12.8 Å². The summed E-state index contributed by atoms with van der Waals surface area (Å²) in [4.78, 5) is 24.1. The van der Waals surface area contributed by atoms with Gasteiger partial charge in [0.15, 0.2) is 7.85 Å². The summed E-state index contributed by atoms with van der Waals surface area (Å²) in [5.74, 6) is 2.67. The van der Waals surface area contributed by atoms with Crippen molar-refractivity contribution >= 4 is 19.5 Å².